The monoisotopic (exact) mass is 242 g/mol. The number of aliphatic hydroxyl groups is 1. The van der Waals surface area contributed by atoms with Gasteiger partial charge in [0, 0.05) is 11.3 Å². The summed E-state index contributed by atoms with van der Waals surface area (Å²) in [5.74, 6) is 1.41. The predicted molar refractivity (Wildman–Crippen MR) is 63.1 cm³/mol. The van der Waals surface area contributed by atoms with Crippen molar-refractivity contribution >= 4 is 11.8 Å². The van der Waals surface area contributed by atoms with Crippen molar-refractivity contribution in [3.63, 3.8) is 0 Å². The molecule has 16 heavy (non-hydrogen) atoms. The Morgan fingerprint density at radius 2 is 2.56 bits per heavy atom. The van der Waals surface area contributed by atoms with Crippen molar-refractivity contribution in [2.75, 3.05) is 12.4 Å². The summed E-state index contributed by atoms with van der Waals surface area (Å²) in [7, 11) is 0. The van der Waals surface area contributed by atoms with Crippen LogP contribution in [0.15, 0.2) is 11.5 Å². The maximum Gasteiger partial charge on any atom is 0.183 e. The van der Waals surface area contributed by atoms with Crippen LogP contribution in [0, 0.1) is 5.92 Å². The minimum Gasteiger partial charge on any atom is -0.394 e. The molecule has 1 heterocycles. The smallest absolute Gasteiger partial charge is 0.183 e. The Hall–Kier alpha value is -0.590. The van der Waals surface area contributed by atoms with Crippen molar-refractivity contribution in [1.82, 2.24) is 15.2 Å². The minimum atomic E-state index is -0.345. The number of nitrogens with one attached hydrogen (secondary N) is 1. The molecule has 90 valence electrons. The highest BCUT2D eigenvalue weighted by atomic mass is 32.2. The molecular weight excluding hydrogens is 224 g/mol. The molecule has 0 bridgehead atoms. The van der Waals surface area contributed by atoms with Crippen LogP contribution >= 0.6 is 11.8 Å². The predicted octanol–water partition coefficient (Wildman–Crippen LogP) is 0.777. The van der Waals surface area contributed by atoms with Crippen LogP contribution in [0.4, 0.5) is 0 Å². The van der Waals surface area contributed by atoms with Crippen molar-refractivity contribution in [1.29, 1.82) is 0 Å². The van der Waals surface area contributed by atoms with Crippen molar-refractivity contribution < 1.29 is 5.11 Å². The molecule has 0 aliphatic heterocycles. The molecule has 1 fully saturated rings. The third-order valence-corrected chi connectivity index (χ3v) is 4.31. The normalized spacial score (nSPS) is 29.8. The average Bonchev–Trinajstić information content (AvgIpc) is 2.90. The number of hydrogen-bond donors (Lipinski definition) is 3. The lowest BCUT2D eigenvalue weighted by molar-refractivity contribution is 0.158. The quantitative estimate of drug-likeness (QED) is 0.664. The first-order valence-corrected chi connectivity index (χ1v) is 6.61. The summed E-state index contributed by atoms with van der Waals surface area (Å²) in [6.45, 7) is 0.102. The fraction of sp³-hybridized carbons (Fsp3) is 0.800. The number of nitrogens with zero attached hydrogens (tertiary/aromatic N) is 2. The van der Waals surface area contributed by atoms with Crippen LogP contribution in [-0.4, -0.2) is 38.2 Å². The van der Waals surface area contributed by atoms with Gasteiger partial charge in [0.05, 0.1) is 6.61 Å². The van der Waals surface area contributed by atoms with Gasteiger partial charge >= 0.3 is 0 Å². The van der Waals surface area contributed by atoms with Crippen LogP contribution in [0.2, 0.25) is 0 Å². The highest BCUT2D eigenvalue weighted by molar-refractivity contribution is 7.99. The zero-order chi connectivity index (χ0) is 11.4. The van der Waals surface area contributed by atoms with Crippen LogP contribution in [0.1, 0.15) is 25.7 Å². The van der Waals surface area contributed by atoms with Gasteiger partial charge < -0.3 is 10.8 Å². The van der Waals surface area contributed by atoms with E-state index >= 15 is 0 Å². The number of aromatic amines is 1. The second-order valence-electron chi connectivity index (χ2n) is 4.41. The molecule has 4 N–H and O–H groups in total. The molecule has 2 atom stereocenters. The highest BCUT2D eigenvalue weighted by Crippen LogP contribution is 2.36. The molecule has 0 amide bonds. The minimum absolute atomic E-state index is 0.102. The molecular formula is C10H18N4OS. The van der Waals surface area contributed by atoms with Gasteiger partial charge in [-0.25, -0.2) is 4.98 Å². The van der Waals surface area contributed by atoms with Gasteiger partial charge in [0.25, 0.3) is 0 Å². The molecule has 1 aliphatic carbocycles. The number of rotatable bonds is 5. The Morgan fingerprint density at radius 3 is 3.25 bits per heavy atom. The zero-order valence-corrected chi connectivity index (χ0v) is 10.0. The second kappa shape index (κ2) is 5.16. The Morgan fingerprint density at radius 1 is 1.69 bits per heavy atom. The summed E-state index contributed by atoms with van der Waals surface area (Å²) in [4.78, 5) is 4.05. The second-order valence-corrected chi connectivity index (χ2v) is 5.49. The first kappa shape index (κ1) is 11.9. The SMILES string of the molecule is NC1(CO)CCCC1CCSc1ncn[nH]1. The summed E-state index contributed by atoms with van der Waals surface area (Å²) in [6.07, 6.45) is 5.76. The van der Waals surface area contributed by atoms with Crippen LogP contribution in [0.3, 0.4) is 0 Å². The van der Waals surface area contributed by atoms with E-state index in [2.05, 4.69) is 15.2 Å². The van der Waals surface area contributed by atoms with Gasteiger partial charge in [-0.05, 0) is 25.2 Å². The van der Waals surface area contributed by atoms with Gasteiger partial charge in [-0.2, -0.15) is 5.10 Å². The largest absolute Gasteiger partial charge is 0.394 e. The van der Waals surface area contributed by atoms with Crippen LogP contribution in [-0.2, 0) is 0 Å². The van der Waals surface area contributed by atoms with Crippen LogP contribution < -0.4 is 5.73 Å². The fourth-order valence-electron chi connectivity index (χ4n) is 2.37. The standard InChI is InChI=1S/C10H18N4OS/c11-10(6-15)4-1-2-8(10)3-5-16-9-12-7-13-14-9/h7-8,15H,1-6,11H2,(H,12,13,14). The molecule has 1 aromatic rings. The van der Waals surface area contributed by atoms with E-state index in [1.807, 2.05) is 0 Å². The molecule has 1 saturated carbocycles. The van der Waals surface area contributed by atoms with Gasteiger partial charge in [-0.1, -0.05) is 18.2 Å². The topological polar surface area (TPSA) is 87.8 Å². The van der Waals surface area contributed by atoms with E-state index in [4.69, 9.17) is 5.73 Å². The van der Waals surface area contributed by atoms with Crippen molar-refractivity contribution in [2.45, 2.75) is 36.4 Å². The van der Waals surface area contributed by atoms with E-state index in [0.29, 0.717) is 5.92 Å². The highest BCUT2D eigenvalue weighted by Gasteiger charge is 2.38. The van der Waals surface area contributed by atoms with Gasteiger partial charge in [0.2, 0.25) is 0 Å². The number of aliphatic hydroxyl groups excluding tert-OH is 1. The number of H-pyrrole nitrogens is 1. The molecule has 0 radical (unpaired) electrons. The van der Waals surface area contributed by atoms with Gasteiger partial charge in [0.1, 0.15) is 6.33 Å². The average molecular weight is 242 g/mol. The summed E-state index contributed by atoms with van der Waals surface area (Å²) in [5.41, 5.74) is 5.82. The lowest BCUT2D eigenvalue weighted by Gasteiger charge is -2.29. The Balaban J connectivity index is 1.77. The molecule has 0 spiro atoms. The third-order valence-electron chi connectivity index (χ3n) is 3.40. The van der Waals surface area contributed by atoms with Crippen molar-refractivity contribution in [3.05, 3.63) is 6.33 Å². The summed E-state index contributed by atoms with van der Waals surface area (Å²) >= 11 is 1.66. The molecule has 1 aliphatic rings. The van der Waals surface area contributed by atoms with E-state index in [9.17, 15) is 5.11 Å². The van der Waals surface area contributed by atoms with E-state index in [0.717, 1.165) is 36.6 Å². The van der Waals surface area contributed by atoms with E-state index in [1.54, 1.807) is 11.8 Å². The summed E-state index contributed by atoms with van der Waals surface area (Å²) < 4.78 is 0. The first-order valence-electron chi connectivity index (χ1n) is 5.62. The summed E-state index contributed by atoms with van der Waals surface area (Å²) in [5, 5.41) is 16.8. The fourth-order valence-corrected chi connectivity index (χ4v) is 3.21. The Labute approximate surface area is 99.2 Å². The van der Waals surface area contributed by atoms with E-state index < -0.39 is 0 Å². The Bertz CT molecular complexity index is 319. The molecule has 0 saturated heterocycles. The maximum atomic E-state index is 9.32. The molecule has 6 heteroatoms. The summed E-state index contributed by atoms with van der Waals surface area (Å²) in [6, 6.07) is 0. The number of aromatic nitrogens is 3. The molecule has 1 aromatic heterocycles. The van der Waals surface area contributed by atoms with Crippen LogP contribution in [0.5, 0.6) is 0 Å². The van der Waals surface area contributed by atoms with E-state index in [1.165, 1.54) is 6.33 Å². The Kier molecular flexibility index (Phi) is 3.83. The first-order chi connectivity index (χ1) is 7.74. The molecule has 0 aromatic carbocycles. The van der Waals surface area contributed by atoms with Crippen LogP contribution in [0.25, 0.3) is 0 Å². The zero-order valence-electron chi connectivity index (χ0n) is 9.22. The third kappa shape index (κ3) is 2.56. The van der Waals surface area contributed by atoms with E-state index in [-0.39, 0.29) is 12.1 Å². The van der Waals surface area contributed by atoms with Crippen molar-refractivity contribution in [2.24, 2.45) is 11.7 Å². The molecule has 5 nitrogen and oxygen atoms in total. The maximum absolute atomic E-state index is 9.32. The number of hydrogen-bond acceptors (Lipinski definition) is 5. The van der Waals surface area contributed by atoms with Gasteiger partial charge in [-0.15, -0.1) is 0 Å². The lowest BCUT2D eigenvalue weighted by atomic mass is 9.87. The molecule has 2 rings (SSSR count). The number of nitrogens with two attached hydrogens (primary N) is 1. The molecule has 2 unspecified atom stereocenters. The van der Waals surface area contributed by atoms with Crippen molar-refractivity contribution in [3.8, 4) is 0 Å². The lowest BCUT2D eigenvalue weighted by Crippen LogP contribution is -2.47. The van der Waals surface area contributed by atoms with Gasteiger partial charge in [0.15, 0.2) is 5.16 Å². The number of thioether (sulfide) groups is 1. The van der Waals surface area contributed by atoms with Gasteiger partial charge in [-0.3, -0.25) is 5.10 Å².